The van der Waals surface area contributed by atoms with Crippen molar-refractivity contribution in [1.29, 1.82) is 0 Å². The van der Waals surface area contributed by atoms with Gasteiger partial charge in [-0.2, -0.15) is 13.2 Å². The molecular formula is C20H20F3N3O5. The first-order valence-electron chi connectivity index (χ1n) is 9.05. The summed E-state index contributed by atoms with van der Waals surface area (Å²) in [5.41, 5.74) is -3.55. The Balaban J connectivity index is 2.08. The first-order valence-corrected chi connectivity index (χ1v) is 9.05. The standard InChI is InChI=1S/C20H20F3N3O5/c1-12(27)24-14-5-3-13(4-6-14)9-10-19(2,29)18(28)25-15-7-8-17(26(30)31)16(11-15)20(21,22)23/h3-8,11,29H,9-10H2,1-2H3,(H,24,27)(H,25,28)/t19-/m0/s1. The van der Waals surface area contributed by atoms with E-state index in [2.05, 4.69) is 10.6 Å². The third-order valence-electron chi connectivity index (χ3n) is 4.42. The maximum absolute atomic E-state index is 13.1. The van der Waals surface area contributed by atoms with E-state index in [4.69, 9.17) is 0 Å². The summed E-state index contributed by atoms with van der Waals surface area (Å²) in [5.74, 6) is -1.18. The Morgan fingerprint density at radius 2 is 1.65 bits per heavy atom. The molecule has 0 aliphatic carbocycles. The van der Waals surface area contributed by atoms with Gasteiger partial charge in [0.2, 0.25) is 5.91 Å². The van der Waals surface area contributed by atoms with E-state index in [0.29, 0.717) is 17.8 Å². The quantitative estimate of drug-likeness (QED) is 0.446. The van der Waals surface area contributed by atoms with Gasteiger partial charge in [0.05, 0.1) is 4.92 Å². The largest absolute Gasteiger partial charge is 0.423 e. The van der Waals surface area contributed by atoms with Gasteiger partial charge in [-0.05, 0) is 49.6 Å². The smallest absolute Gasteiger partial charge is 0.380 e. The Morgan fingerprint density at radius 3 is 2.16 bits per heavy atom. The molecule has 8 nitrogen and oxygen atoms in total. The minimum atomic E-state index is -4.99. The molecule has 0 aliphatic heterocycles. The number of nitrogens with one attached hydrogen (secondary N) is 2. The van der Waals surface area contributed by atoms with Gasteiger partial charge in [-0.25, -0.2) is 0 Å². The molecule has 0 aromatic heterocycles. The molecule has 2 rings (SSSR count). The summed E-state index contributed by atoms with van der Waals surface area (Å²) in [5, 5.41) is 26.0. The van der Waals surface area contributed by atoms with Crippen LogP contribution >= 0.6 is 0 Å². The Morgan fingerprint density at radius 1 is 1.06 bits per heavy atom. The second-order valence-electron chi connectivity index (χ2n) is 7.09. The van der Waals surface area contributed by atoms with Crippen LogP contribution in [0.1, 0.15) is 31.4 Å². The molecule has 1 atom stereocenters. The van der Waals surface area contributed by atoms with E-state index in [9.17, 15) is 38.0 Å². The number of hydrogen-bond acceptors (Lipinski definition) is 5. The topological polar surface area (TPSA) is 122 Å². The van der Waals surface area contributed by atoms with Crippen LogP contribution in [0.25, 0.3) is 0 Å². The summed E-state index contributed by atoms with van der Waals surface area (Å²) >= 11 is 0. The van der Waals surface area contributed by atoms with Gasteiger partial charge >= 0.3 is 6.18 Å². The number of carbonyl (C=O) groups excluding carboxylic acids is 2. The molecule has 0 radical (unpaired) electrons. The molecule has 0 bridgehead atoms. The van der Waals surface area contributed by atoms with Crippen molar-refractivity contribution in [2.45, 2.75) is 38.5 Å². The average molecular weight is 439 g/mol. The number of nitro groups is 1. The third-order valence-corrected chi connectivity index (χ3v) is 4.42. The first-order chi connectivity index (χ1) is 14.3. The Kier molecular flexibility index (Phi) is 7.01. The number of hydrogen-bond donors (Lipinski definition) is 3. The summed E-state index contributed by atoms with van der Waals surface area (Å²) in [7, 11) is 0. The van der Waals surface area contributed by atoms with Crippen molar-refractivity contribution < 1.29 is 32.8 Å². The van der Waals surface area contributed by atoms with Gasteiger partial charge in [0, 0.05) is 24.4 Å². The van der Waals surface area contributed by atoms with Crippen LogP contribution in [0, 0.1) is 10.1 Å². The van der Waals surface area contributed by atoms with Gasteiger partial charge in [0.25, 0.3) is 11.6 Å². The van der Waals surface area contributed by atoms with Crippen molar-refractivity contribution >= 4 is 28.9 Å². The second-order valence-corrected chi connectivity index (χ2v) is 7.09. The van der Waals surface area contributed by atoms with E-state index in [0.717, 1.165) is 11.6 Å². The maximum Gasteiger partial charge on any atom is 0.423 e. The van der Waals surface area contributed by atoms with Crippen molar-refractivity contribution in [3.05, 3.63) is 63.7 Å². The fourth-order valence-corrected chi connectivity index (χ4v) is 2.73. The molecule has 0 saturated carbocycles. The zero-order valence-electron chi connectivity index (χ0n) is 16.6. The summed E-state index contributed by atoms with van der Waals surface area (Å²) in [6.07, 6.45) is -4.76. The third kappa shape index (κ3) is 6.51. The van der Waals surface area contributed by atoms with Gasteiger partial charge < -0.3 is 15.7 Å². The Bertz CT molecular complexity index is 989. The van der Waals surface area contributed by atoms with Crippen LogP contribution in [0.5, 0.6) is 0 Å². The van der Waals surface area contributed by atoms with Crippen molar-refractivity contribution in [2.24, 2.45) is 0 Å². The molecule has 166 valence electrons. The predicted octanol–water partition coefficient (Wildman–Crippen LogP) is 3.89. The number of nitro benzene ring substituents is 1. The minimum Gasteiger partial charge on any atom is -0.380 e. The van der Waals surface area contributed by atoms with Crippen LogP contribution in [0.4, 0.5) is 30.2 Å². The molecule has 0 saturated heterocycles. The number of amides is 2. The molecule has 0 heterocycles. The Labute approximate surface area is 175 Å². The van der Waals surface area contributed by atoms with Crippen LogP contribution in [-0.2, 0) is 22.2 Å². The van der Waals surface area contributed by atoms with Crippen LogP contribution in [0.15, 0.2) is 42.5 Å². The number of aryl methyl sites for hydroxylation is 1. The lowest BCUT2D eigenvalue weighted by molar-refractivity contribution is -0.388. The molecule has 0 spiro atoms. The number of rotatable bonds is 7. The van der Waals surface area contributed by atoms with E-state index in [1.54, 1.807) is 24.3 Å². The number of aliphatic hydroxyl groups is 1. The van der Waals surface area contributed by atoms with Gasteiger partial charge in [0.15, 0.2) is 0 Å². The van der Waals surface area contributed by atoms with Gasteiger partial charge in [-0.15, -0.1) is 0 Å². The highest BCUT2D eigenvalue weighted by atomic mass is 19.4. The Hall–Kier alpha value is -3.47. The fourth-order valence-electron chi connectivity index (χ4n) is 2.73. The number of halogens is 3. The van der Waals surface area contributed by atoms with Gasteiger partial charge in [-0.1, -0.05) is 12.1 Å². The molecule has 2 amide bonds. The van der Waals surface area contributed by atoms with Crippen LogP contribution in [-0.4, -0.2) is 27.4 Å². The zero-order valence-corrected chi connectivity index (χ0v) is 16.6. The predicted molar refractivity (Wildman–Crippen MR) is 106 cm³/mol. The molecule has 31 heavy (non-hydrogen) atoms. The van der Waals surface area contributed by atoms with E-state index in [1.807, 2.05) is 0 Å². The highest BCUT2D eigenvalue weighted by molar-refractivity contribution is 5.97. The SMILES string of the molecule is CC(=O)Nc1ccc(CC[C@](C)(O)C(=O)Nc2ccc([N+](=O)[O-])c(C(F)(F)F)c2)cc1. The van der Waals surface area contributed by atoms with Crippen molar-refractivity contribution in [1.82, 2.24) is 0 Å². The molecule has 0 fully saturated rings. The van der Waals surface area contributed by atoms with E-state index in [1.165, 1.54) is 13.8 Å². The second kappa shape index (κ2) is 9.13. The zero-order chi connectivity index (χ0) is 23.4. The lowest BCUT2D eigenvalue weighted by Crippen LogP contribution is -2.40. The van der Waals surface area contributed by atoms with Crippen molar-refractivity contribution in [2.75, 3.05) is 10.6 Å². The molecule has 2 aromatic carbocycles. The summed E-state index contributed by atoms with van der Waals surface area (Å²) in [6.45, 7) is 2.58. The molecule has 2 aromatic rings. The van der Waals surface area contributed by atoms with Crippen molar-refractivity contribution in [3.63, 3.8) is 0 Å². The van der Waals surface area contributed by atoms with Gasteiger partial charge in [0.1, 0.15) is 11.2 Å². The number of anilines is 2. The first kappa shape index (κ1) is 23.8. The minimum absolute atomic E-state index is 0.0442. The maximum atomic E-state index is 13.1. The highest BCUT2D eigenvalue weighted by Gasteiger charge is 2.39. The number of carbonyl (C=O) groups is 2. The number of alkyl halides is 3. The van der Waals surface area contributed by atoms with E-state index in [-0.39, 0.29) is 24.4 Å². The summed E-state index contributed by atoms with van der Waals surface area (Å²) in [6, 6.07) is 8.76. The number of benzene rings is 2. The van der Waals surface area contributed by atoms with E-state index < -0.39 is 33.9 Å². The fraction of sp³-hybridized carbons (Fsp3) is 0.300. The lowest BCUT2D eigenvalue weighted by atomic mass is 9.95. The average Bonchev–Trinajstić information content (AvgIpc) is 2.66. The monoisotopic (exact) mass is 439 g/mol. The normalized spacial score (nSPS) is 13.2. The van der Waals surface area contributed by atoms with Gasteiger partial charge in [-0.3, -0.25) is 19.7 Å². The number of nitrogens with zero attached hydrogens (tertiary/aromatic N) is 1. The summed E-state index contributed by atoms with van der Waals surface area (Å²) < 4.78 is 39.2. The summed E-state index contributed by atoms with van der Waals surface area (Å²) in [4.78, 5) is 33.1. The van der Waals surface area contributed by atoms with Crippen LogP contribution in [0.2, 0.25) is 0 Å². The molecule has 3 N–H and O–H groups in total. The van der Waals surface area contributed by atoms with Crippen LogP contribution < -0.4 is 10.6 Å². The van der Waals surface area contributed by atoms with Crippen molar-refractivity contribution in [3.8, 4) is 0 Å². The van der Waals surface area contributed by atoms with Crippen LogP contribution in [0.3, 0.4) is 0 Å². The highest BCUT2D eigenvalue weighted by Crippen LogP contribution is 2.37. The molecular weight excluding hydrogens is 419 g/mol. The molecule has 11 heteroatoms. The molecule has 0 aliphatic rings. The lowest BCUT2D eigenvalue weighted by Gasteiger charge is -2.22. The molecule has 0 unspecified atom stereocenters. The van der Waals surface area contributed by atoms with E-state index >= 15 is 0 Å².